The predicted octanol–water partition coefficient (Wildman–Crippen LogP) is 3.63. The zero-order valence-electron chi connectivity index (χ0n) is 13.7. The maximum Gasteiger partial charge on any atom is 0.244 e. The van der Waals surface area contributed by atoms with E-state index in [9.17, 15) is 14.0 Å². The third-order valence-electron chi connectivity index (χ3n) is 3.78. The van der Waals surface area contributed by atoms with Gasteiger partial charge in [-0.25, -0.2) is 4.39 Å². The number of nitrogens with one attached hydrogen (secondary N) is 1. The van der Waals surface area contributed by atoms with Crippen molar-refractivity contribution in [1.82, 2.24) is 4.57 Å². The van der Waals surface area contributed by atoms with Crippen LogP contribution in [-0.2, 0) is 11.3 Å². The lowest BCUT2D eigenvalue weighted by atomic mass is 10.2. The quantitative estimate of drug-likeness (QED) is 0.697. The van der Waals surface area contributed by atoms with Gasteiger partial charge in [0.1, 0.15) is 18.1 Å². The number of rotatable bonds is 6. The van der Waals surface area contributed by atoms with Crippen LogP contribution in [0.15, 0.2) is 48.7 Å². The van der Waals surface area contributed by atoms with Crippen LogP contribution in [0.1, 0.15) is 17.3 Å². The van der Waals surface area contributed by atoms with Gasteiger partial charge in [0.25, 0.3) is 0 Å². The van der Waals surface area contributed by atoms with Gasteiger partial charge in [-0.15, -0.1) is 0 Å². The van der Waals surface area contributed by atoms with E-state index < -0.39 is 5.82 Å². The van der Waals surface area contributed by atoms with Crippen molar-refractivity contribution in [3.8, 4) is 5.75 Å². The molecule has 0 saturated carbocycles. The van der Waals surface area contributed by atoms with Crippen LogP contribution in [0, 0.1) is 5.82 Å². The number of halogens is 1. The fraction of sp³-hybridized carbons (Fsp3) is 0.158. The van der Waals surface area contributed by atoms with E-state index in [1.807, 2.05) is 13.0 Å². The van der Waals surface area contributed by atoms with E-state index in [1.54, 1.807) is 35.0 Å². The maximum atomic E-state index is 13.4. The Morgan fingerprint density at radius 3 is 2.84 bits per heavy atom. The molecule has 0 spiro atoms. The molecule has 0 aliphatic rings. The van der Waals surface area contributed by atoms with Crippen LogP contribution in [0.5, 0.6) is 5.75 Å². The standard InChI is InChI=1S/C19H17FN2O3/c1-2-25-18-6-4-3-5-16(18)21-19(24)11-22-10-13(12-23)15-9-14(20)7-8-17(15)22/h3-10,12H,2,11H2,1H3,(H,21,24). The smallest absolute Gasteiger partial charge is 0.244 e. The molecule has 0 bridgehead atoms. The SMILES string of the molecule is CCOc1ccccc1NC(=O)Cn1cc(C=O)c2cc(F)ccc21. The first-order valence-electron chi connectivity index (χ1n) is 7.87. The summed E-state index contributed by atoms with van der Waals surface area (Å²) in [6.45, 7) is 2.35. The predicted molar refractivity (Wildman–Crippen MR) is 93.5 cm³/mol. The van der Waals surface area contributed by atoms with Gasteiger partial charge >= 0.3 is 0 Å². The highest BCUT2D eigenvalue weighted by atomic mass is 19.1. The average molecular weight is 340 g/mol. The summed E-state index contributed by atoms with van der Waals surface area (Å²) in [4.78, 5) is 23.6. The molecular formula is C19H17FN2O3. The van der Waals surface area contributed by atoms with Gasteiger partial charge in [0.05, 0.1) is 12.3 Å². The molecular weight excluding hydrogens is 323 g/mol. The average Bonchev–Trinajstić information content (AvgIpc) is 2.93. The molecule has 5 nitrogen and oxygen atoms in total. The first-order valence-corrected chi connectivity index (χ1v) is 7.87. The molecule has 1 N–H and O–H groups in total. The van der Waals surface area contributed by atoms with Crippen LogP contribution in [0.4, 0.5) is 10.1 Å². The summed E-state index contributed by atoms with van der Waals surface area (Å²) in [5, 5.41) is 3.28. The van der Waals surface area contributed by atoms with E-state index in [0.29, 0.717) is 40.8 Å². The zero-order valence-corrected chi connectivity index (χ0v) is 13.7. The van der Waals surface area contributed by atoms with Crippen LogP contribution in [0.25, 0.3) is 10.9 Å². The number of anilines is 1. The van der Waals surface area contributed by atoms with Gasteiger partial charge in [-0.3, -0.25) is 9.59 Å². The lowest BCUT2D eigenvalue weighted by molar-refractivity contribution is -0.116. The highest BCUT2D eigenvalue weighted by Gasteiger charge is 2.13. The van der Waals surface area contributed by atoms with E-state index >= 15 is 0 Å². The number of carbonyl (C=O) groups excluding carboxylic acids is 2. The first-order chi connectivity index (χ1) is 12.1. The molecule has 0 saturated heterocycles. The number of aldehydes is 1. The van der Waals surface area contributed by atoms with Crippen LogP contribution >= 0.6 is 0 Å². The van der Waals surface area contributed by atoms with E-state index in [2.05, 4.69) is 5.32 Å². The van der Waals surface area contributed by atoms with Crippen molar-refractivity contribution in [3.63, 3.8) is 0 Å². The number of fused-ring (bicyclic) bond motifs is 1. The Kier molecular flexibility index (Phi) is 4.79. The molecule has 0 radical (unpaired) electrons. The number of para-hydroxylation sites is 2. The van der Waals surface area contributed by atoms with E-state index in [0.717, 1.165) is 0 Å². The molecule has 6 heteroatoms. The summed E-state index contributed by atoms with van der Waals surface area (Å²) in [7, 11) is 0. The molecule has 1 heterocycles. The Morgan fingerprint density at radius 1 is 1.28 bits per heavy atom. The number of amides is 1. The van der Waals surface area contributed by atoms with Crippen molar-refractivity contribution in [2.75, 3.05) is 11.9 Å². The molecule has 0 unspecified atom stereocenters. The fourth-order valence-electron chi connectivity index (χ4n) is 2.72. The van der Waals surface area contributed by atoms with Crippen LogP contribution in [-0.4, -0.2) is 23.4 Å². The molecule has 1 aromatic heterocycles. The van der Waals surface area contributed by atoms with Crippen molar-refractivity contribution in [3.05, 3.63) is 60.0 Å². The zero-order chi connectivity index (χ0) is 17.8. The second-order valence-electron chi connectivity index (χ2n) is 5.47. The van der Waals surface area contributed by atoms with Gasteiger partial charge < -0.3 is 14.6 Å². The topological polar surface area (TPSA) is 60.3 Å². The number of hydrogen-bond donors (Lipinski definition) is 1. The summed E-state index contributed by atoms with van der Waals surface area (Å²) >= 11 is 0. The number of benzene rings is 2. The van der Waals surface area contributed by atoms with E-state index in [1.165, 1.54) is 12.1 Å². The Labute approximate surface area is 144 Å². The minimum atomic E-state index is -0.427. The molecule has 3 aromatic rings. The van der Waals surface area contributed by atoms with Gasteiger partial charge in [0.2, 0.25) is 5.91 Å². The highest BCUT2D eigenvalue weighted by Crippen LogP contribution is 2.25. The number of ether oxygens (including phenoxy) is 1. The maximum absolute atomic E-state index is 13.4. The van der Waals surface area contributed by atoms with Gasteiger partial charge in [0, 0.05) is 22.7 Å². The lowest BCUT2D eigenvalue weighted by Crippen LogP contribution is -2.18. The van der Waals surface area contributed by atoms with Gasteiger partial charge in [-0.05, 0) is 37.3 Å². The normalized spacial score (nSPS) is 10.6. The van der Waals surface area contributed by atoms with Crippen molar-refractivity contribution < 1.29 is 18.7 Å². The monoisotopic (exact) mass is 340 g/mol. The Hall–Kier alpha value is -3.15. The van der Waals surface area contributed by atoms with Gasteiger partial charge in [-0.2, -0.15) is 0 Å². The lowest BCUT2D eigenvalue weighted by Gasteiger charge is -2.12. The van der Waals surface area contributed by atoms with Crippen molar-refractivity contribution in [2.45, 2.75) is 13.5 Å². The largest absolute Gasteiger partial charge is 0.492 e. The second-order valence-corrected chi connectivity index (χ2v) is 5.47. The third kappa shape index (κ3) is 3.52. The van der Waals surface area contributed by atoms with Crippen LogP contribution in [0.2, 0.25) is 0 Å². The van der Waals surface area contributed by atoms with Crippen molar-refractivity contribution >= 4 is 28.8 Å². The molecule has 2 aromatic carbocycles. The molecule has 128 valence electrons. The van der Waals surface area contributed by atoms with Gasteiger partial charge in [0.15, 0.2) is 6.29 Å². The van der Waals surface area contributed by atoms with Crippen LogP contribution in [0.3, 0.4) is 0 Å². The summed E-state index contributed by atoms with van der Waals surface area (Å²) in [5.41, 5.74) is 1.54. The molecule has 0 fully saturated rings. The molecule has 3 rings (SSSR count). The summed E-state index contributed by atoms with van der Waals surface area (Å²) in [6.07, 6.45) is 2.20. The number of carbonyl (C=O) groups is 2. The van der Waals surface area contributed by atoms with Crippen LogP contribution < -0.4 is 10.1 Å². The summed E-state index contributed by atoms with van der Waals surface area (Å²) in [6, 6.07) is 11.3. The van der Waals surface area contributed by atoms with Crippen molar-refractivity contribution in [1.29, 1.82) is 0 Å². The van der Waals surface area contributed by atoms with E-state index in [-0.39, 0.29) is 12.5 Å². The van der Waals surface area contributed by atoms with Crippen molar-refractivity contribution in [2.24, 2.45) is 0 Å². The summed E-state index contributed by atoms with van der Waals surface area (Å²) < 4.78 is 20.5. The minimum absolute atomic E-state index is 0.00354. The molecule has 25 heavy (non-hydrogen) atoms. The molecule has 0 aliphatic heterocycles. The Balaban J connectivity index is 1.84. The summed E-state index contributed by atoms with van der Waals surface area (Å²) in [5.74, 6) is -0.111. The highest BCUT2D eigenvalue weighted by molar-refractivity contribution is 5.99. The van der Waals surface area contributed by atoms with Gasteiger partial charge in [-0.1, -0.05) is 12.1 Å². The second kappa shape index (κ2) is 7.17. The number of nitrogens with zero attached hydrogens (tertiary/aromatic N) is 1. The molecule has 0 atom stereocenters. The Bertz CT molecular complexity index is 934. The Morgan fingerprint density at radius 2 is 2.08 bits per heavy atom. The van der Waals surface area contributed by atoms with E-state index in [4.69, 9.17) is 4.74 Å². The number of hydrogen-bond acceptors (Lipinski definition) is 3. The third-order valence-corrected chi connectivity index (χ3v) is 3.78. The number of aromatic nitrogens is 1. The first kappa shape index (κ1) is 16.7. The molecule has 0 aliphatic carbocycles. The fourth-order valence-corrected chi connectivity index (χ4v) is 2.72. The minimum Gasteiger partial charge on any atom is -0.492 e. The molecule has 1 amide bonds.